The van der Waals surface area contributed by atoms with Crippen LogP contribution in [0.4, 0.5) is 20.5 Å². The minimum absolute atomic E-state index is 0.122. The number of rotatable bonds is 5. The van der Waals surface area contributed by atoms with Crippen LogP contribution in [0.2, 0.25) is 0 Å². The normalized spacial score (nSPS) is 19.6. The highest BCUT2D eigenvalue weighted by molar-refractivity contribution is 5.91. The van der Waals surface area contributed by atoms with Crippen LogP contribution in [0, 0.1) is 0 Å². The number of amides is 1. The third-order valence-electron chi connectivity index (χ3n) is 5.79. The highest BCUT2D eigenvalue weighted by Crippen LogP contribution is 2.45. The molecule has 1 fully saturated rings. The van der Waals surface area contributed by atoms with Gasteiger partial charge in [0.1, 0.15) is 5.69 Å². The third kappa shape index (κ3) is 3.45. The van der Waals surface area contributed by atoms with Gasteiger partial charge in [-0.25, -0.2) is 28.4 Å². The molecular weight excluding hydrogens is 446 g/mol. The molecule has 0 saturated carbocycles. The Kier molecular flexibility index (Phi) is 4.84. The number of likely N-dealkylation sites (N-methyl/N-ethyl adjacent to an activating group) is 1. The molecule has 174 valence electrons. The van der Waals surface area contributed by atoms with Gasteiger partial charge in [-0.3, -0.25) is 9.48 Å². The molecule has 0 radical (unpaired) electrons. The van der Waals surface area contributed by atoms with E-state index >= 15 is 0 Å². The molecule has 4 aromatic heterocycles. The number of hydrogen-bond donors (Lipinski definition) is 1. The number of alkyl halides is 2. The van der Waals surface area contributed by atoms with Crippen molar-refractivity contribution in [2.24, 2.45) is 7.05 Å². The average molecular weight is 466 g/mol. The van der Waals surface area contributed by atoms with Gasteiger partial charge >= 0.3 is 0 Å². The first kappa shape index (κ1) is 21.6. The number of carbonyl (C=O) groups excluding carboxylic acids is 1. The topological polar surface area (TPSA) is 120 Å². The first-order valence-corrected chi connectivity index (χ1v) is 10.3. The van der Waals surface area contributed by atoms with Crippen LogP contribution in [0.3, 0.4) is 0 Å². The van der Waals surface area contributed by atoms with Crippen LogP contribution in [-0.2, 0) is 17.3 Å². The quantitative estimate of drug-likeness (QED) is 0.474. The van der Waals surface area contributed by atoms with E-state index in [1.54, 1.807) is 54.5 Å². The second-order valence-electron chi connectivity index (χ2n) is 8.19. The van der Waals surface area contributed by atoms with Crippen molar-refractivity contribution in [3.8, 4) is 17.2 Å². The van der Waals surface area contributed by atoms with Crippen molar-refractivity contribution in [3.05, 3.63) is 54.6 Å². The Hall–Kier alpha value is -4.29. The van der Waals surface area contributed by atoms with Crippen LogP contribution in [0.25, 0.3) is 17.2 Å². The number of hydrogen-bond acceptors (Lipinski definition) is 8. The number of pyridine rings is 1. The molecule has 5 heterocycles. The summed E-state index contributed by atoms with van der Waals surface area (Å²) in [5.41, 5.74) is -1.19. The molecule has 1 saturated heterocycles. The van der Waals surface area contributed by atoms with Gasteiger partial charge in [0.05, 0.1) is 24.1 Å². The maximum atomic E-state index is 14.7. The SMILES string of the molecule is CN1CC(F)(F)[C@](C)(c2cn(-c3cccc(-c4ccnc(Nc5ccn(C)n5)n4)n3)nn2)C1=O. The van der Waals surface area contributed by atoms with Crippen LogP contribution in [0.15, 0.2) is 48.9 Å². The lowest BCUT2D eigenvalue weighted by atomic mass is 9.82. The van der Waals surface area contributed by atoms with E-state index in [-0.39, 0.29) is 5.69 Å². The summed E-state index contributed by atoms with van der Waals surface area (Å²) in [5.74, 6) is -2.73. The predicted octanol–water partition coefficient (Wildman–Crippen LogP) is 1.96. The molecule has 0 bridgehead atoms. The summed E-state index contributed by atoms with van der Waals surface area (Å²) in [6, 6.07) is 8.61. The van der Waals surface area contributed by atoms with Gasteiger partial charge in [-0.1, -0.05) is 11.3 Å². The lowest BCUT2D eigenvalue weighted by molar-refractivity contribution is -0.134. The molecule has 11 nitrogen and oxygen atoms in total. The van der Waals surface area contributed by atoms with E-state index in [4.69, 9.17) is 0 Å². The lowest BCUT2D eigenvalue weighted by Gasteiger charge is -2.24. The monoisotopic (exact) mass is 466 g/mol. The molecule has 1 N–H and O–H groups in total. The van der Waals surface area contributed by atoms with E-state index in [0.717, 1.165) is 4.90 Å². The number of aromatic nitrogens is 8. The summed E-state index contributed by atoms with van der Waals surface area (Å²) in [4.78, 5) is 26.7. The molecule has 0 aromatic carbocycles. The molecule has 4 aromatic rings. The molecule has 0 unspecified atom stereocenters. The molecule has 0 aliphatic carbocycles. The van der Waals surface area contributed by atoms with Crippen molar-refractivity contribution < 1.29 is 13.6 Å². The molecule has 1 amide bonds. The Morgan fingerprint density at radius 3 is 2.59 bits per heavy atom. The van der Waals surface area contributed by atoms with Crippen LogP contribution in [0.1, 0.15) is 12.6 Å². The highest BCUT2D eigenvalue weighted by Gasteiger charge is 2.65. The van der Waals surface area contributed by atoms with Crippen LogP contribution in [0.5, 0.6) is 0 Å². The zero-order valence-corrected chi connectivity index (χ0v) is 18.5. The minimum Gasteiger partial charge on any atom is -0.339 e. The maximum Gasteiger partial charge on any atom is 0.284 e. The number of carbonyl (C=O) groups is 1. The Labute approximate surface area is 192 Å². The predicted molar refractivity (Wildman–Crippen MR) is 117 cm³/mol. The van der Waals surface area contributed by atoms with E-state index in [1.165, 1.54) is 24.9 Å². The zero-order chi connectivity index (χ0) is 24.1. The molecule has 34 heavy (non-hydrogen) atoms. The Morgan fingerprint density at radius 2 is 1.88 bits per heavy atom. The molecular formula is C21H20F2N10O. The van der Waals surface area contributed by atoms with Gasteiger partial charge < -0.3 is 10.2 Å². The van der Waals surface area contributed by atoms with E-state index in [9.17, 15) is 13.6 Å². The van der Waals surface area contributed by atoms with Gasteiger partial charge in [0.25, 0.3) is 5.92 Å². The second-order valence-corrected chi connectivity index (χ2v) is 8.19. The van der Waals surface area contributed by atoms with Crippen molar-refractivity contribution >= 4 is 17.7 Å². The van der Waals surface area contributed by atoms with Gasteiger partial charge in [0.15, 0.2) is 17.1 Å². The van der Waals surface area contributed by atoms with Crippen molar-refractivity contribution in [1.82, 2.24) is 44.6 Å². The summed E-state index contributed by atoms with van der Waals surface area (Å²) in [5, 5.41) is 15.1. The highest BCUT2D eigenvalue weighted by atomic mass is 19.3. The maximum absolute atomic E-state index is 14.7. The number of nitrogens with zero attached hydrogens (tertiary/aromatic N) is 9. The zero-order valence-electron chi connectivity index (χ0n) is 18.5. The molecule has 1 aliphatic rings. The fourth-order valence-electron chi connectivity index (χ4n) is 3.82. The van der Waals surface area contributed by atoms with Gasteiger partial charge in [-0.2, -0.15) is 5.10 Å². The van der Waals surface area contributed by atoms with Crippen molar-refractivity contribution in [2.75, 3.05) is 18.9 Å². The first-order valence-electron chi connectivity index (χ1n) is 10.3. The van der Waals surface area contributed by atoms with Gasteiger partial charge in [0.2, 0.25) is 11.9 Å². The van der Waals surface area contributed by atoms with E-state index in [2.05, 4.69) is 35.7 Å². The minimum atomic E-state index is -3.28. The summed E-state index contributed by atoms with van der Waals surface area (Å²) < 4.78 is 32.3. The standard InChI is InChI=1S/C21H20F2N10O/c1-20(18(34)31(2)12-21(20,22)23)15-11-33(30-28-15)17-6-4-5-13(25-17)14-7-9-24-19(26-14)27-16-8-10-32(3)29-16/h4-11H,12H2,1-3H3,(H,24,26,27,29)/t20-/m1/s1. The average Bonchev–Trinajstić information content (AvgIpc) is 3.50. The molecule has 13 heteroatoms. The third-order valence-corrected chi connectivity index (χ3v) is 5.79. The summed E-state index contributed by atoms with van der Waals surface area (Å²) in [6.07, 6.45) is 4.68. The largest absolute Gasteiger partial charge is 0.339 e. The van der Waals surface area contributed by atoms with Crippen molar-refractivity contribution in [3.63, 3.8) is 0 Å². The molecule has 5 rings (SSSR count). The summed E-state index contributed by atoms with van der Waals surface area (Å²) in [7, 11) is 3.14. The van der Waals surface area contributed by atoms with E-state index in [0.29, 0.717) is 29.0 Å². The Balaban J connectivity index is 1.44. The summed E-state index contributed by atoms with van der Waals surface area (Å²) >= 11 is 0. The molecule has 1 atom stereocenters. The van der Waals surface area contributed by atoms with E-state index in [1.807, 2.05) is 0 Å². The number of likely N-dealkylation sites (tertiary alicyclic amines) is 1. The number of nitrogens with one attached hydrogen (secondary N) is 1. The number of aryl methyl sites for hydroxylation is 1. The van der Waals surface area contributed by atoms with Crippen LogP contribution in [-0.4, -0.2) is 70.0 Å². The second kappa shape index (κ2) is 7.64. The fourth-order valence-corrected chi connectivity index (χ4v) is 3.82. The van der Waals surface area contributed by atoms with Crippen LogP contribution >= 0.6 is 0 Å². The number of halogens is 2. The van der Waals surface area contributed by atoms with Crippen LogP contribution < -0.4 is 5.32 Å². The van der Waals surface area contributed by atoms with Gasteiger partial charge in [-0.15, -0.1) is 5.10 Å². The first-order chi connectivity index (χ1) is 16.2. The van der Waals surface area contributed by atoms with Crippen molar-refractivity contribution in [2.45, 2.75) is 18.3 Å². The van der Waals surface area contributed by atoms with E-state index < -0.39 is 23.8 Å². The summed E-state index contributed by atoms with van der Waals surface area (Å²) in [6.45, 7) is 0.513. The van der Waals surface area contributed by atoms with Crippen molar-refractivity contribution in [1.29, 1.82) is 0 Å². The molecule has 1 aliphatic heterocycles. The number of anilines is 2. The molecule has 0 spiro atoms. The van der Waals surface area contributed by atoms with Gasteiger partial charge in [0, 0.05) is 32.6 Å². The Morgan fingerprint density at radius 1 is 1.09 bits per heavy atom. The van der Waals surface area contributed by atoms with Gasteiger partial charge in [-0.05, 0) is 25.1 Å². The fraction of sp³-hybridized carbons (Fsp3) is 0.286. The lowest BCUT2D eigenvalue weighted by Crippen LogP contribution is -2.44. The smallest absolute Gasteiger partial charge is 0.284 e. The Bertz CT molecular complexity index is 1380.